The molecule has 2 N–H and O–H groups in total. The SMILES string of the molecule is Cc1c(Cl)ccc2c1ncn2CCC[C@H]1NCCC[C@@H]1O.Cl.Cl. The summed E-state index contributed by atoms with van der Waals surface area (Å²) in [5, 5.41) is 14.1. The predicted molar refractivity (Wildman–Crippen MR) is 100 cm³/mol. The Kier molecular flexibility index (Phi) is 8.11. The van der Waals surface area contributed by atoms with E-state index >= 15 is 0 Å². The van der Waals surface area contributed by atoms with Crippen molar-refractivity contribution in [3.05, 3.63) is 29.0 Å². The van der Waals surface area contributed by atoms with E-state index in [-0.39, 0.29) is 37.0 Å². The van der Waals surface area contributed by atoms with Gasteiger partial charge in [0.25, 0.3) is 0 Å². The molecule has 0 spiro atoms. The van der Waals surface area contributed by atoms with Crippen LogP contribution in [0.25, 0.3) is 11.0 Å². The first kappa shape index (κ1) is 20.5. The minimum atomic E-state index is -0.195. The fourth-order valence-corrected chi connectivity index (χ4v) is 3.29. The Balaban J connectivity index is 0.00000132. The van der Waals surface area contributed by atoms with Gasteiger partial charge in [0.2, 0.25) is 0 Å². The highest BCUT2D eigenvalue weighted by molar-refractivity contribution is 6.32. The number of hydrogen-bond donors (Lipinski definition) is 2. The summed E-state index contributed by atoms with van der Waals surface area (Å²) in [6.07, 6.45) is 5.71. The third-order valence-electron chi connectivity index (χ3n) is 4.44. The summed E-state index contributed by atoms with van der Waals surface area (Å²) in [7, 11) is 0. The van der Waals surface area contributed by atoms with Gasteiger partial charge in [0.05, 0.1) is 23.5 Å². The quantitative estimate of drug-likeness (QED) is 0.849. The van der Waals surface area contributed by atoms with E-state index in [0.717, 1.165) is 60.4 Å². The van der Waals surface area contributed by atoms with Crippen LogP contribution in [0.15, 0.2) is 18.5 Å². The number of aliphatic hydroxyl groups is 1. The maximum Gasteiger partial charge on any atom is 0.0958 e. The van der Waals surface area contributed by atoms with E-state index in [1.165, 1.54) is 0 Å². The number of rotatable bonds is 4. The number of nitrogens with zero attached hydrogens (tertiary/aromatic N) is 2. The number of aryl methyl sites for hydroxylation is 2. The van der Waals surface area contributed by atoms with Crippen LogP contribution >= 0.6 is 36.4 Å². The van der Waals surface area contributed by atoms with E-state index < -0.39 is 0 Å². The van der Waals surface area contributed by atoms with Crippen molar-refractivity contribution in [3.8, 4) is 0 Å². The third-order valence-corrected chi connectivity index (χ3v) is 4.85. The first-order valence-electron chi connectivity index (χ1n) is 7.68. The molecular formula is C16H24Cl3N3O. The van der Waals surface area contributed by atoms with Crippen LogP contribution in [0.3, 0.4) is 0 Å². The molecule has 1 aromatic carbocycles. The Morgan fingerprint density at radius 1 is 1.39 bits per heavy atom. The number of halogens is 3. The molecule has 4 nitrogen and oxygen atoms in total. The Morgan fingerprint density at radius 2 is 2.17 bits per heavy atom. The molecule has 1 fully saturated rings. The number of imidazole rings is 1. The van der Waals surface area contributed by atoms with E-state index in [9.17, 15) is 5.11 Å². The van der Waals surface area contributed by atoms with Crippen LogP contribution in [-0.2, 0) is 6.54 Å². The Labute approximate surface area is 154 Å². The van der Waals surface area contributed by atoms with Crippen LogP contribution < -0.4 is 5.32 Å². The number of fused-ring (bicyclic) bond motifs is 1. The molecule has 0 saturated carbocycles. The third kappa shape index (κ3) is 4.52. The van der Waals surface area contributed by atoms with Gasteiger partial charge in [0.1, 0.15) is 0 Å². The molecule has 0 radical (unpaired) electrons. The van der Waals surface area contributed by atoms with E-state index in [4.69, 9.17) is 11.6 Å². The van der Waals surface area contributed by atoms with E-state index in [1.54, 1.807) is 0 Å². The van der Waals surface area contributed by atoms with E-state index in [2.05, 4.69) is 14.9 Å². The van der Waals surface area contributed by atoms with Gasteiger partial charge >= 0.3 is 0 Å². The van der Waals surface area contributed by atoms with Gasteiger partial charge < -0.3 is 15.0 Å². The Morgan fingerprint density at radius 3 is 2.91 bits per heavy atom. The summed E-state index contributed by atoms with van der Waals surface area (Å²) in [6.45, 7) is 3.94. The second kappa shape index (κ2) is 9.09. The molecule has 1 aromatic heterocycles. The van der Waals surface area contributed by atoms with Gasteiger partial charge in [-0.25, -0.2) is 4.98 Å². The highest BCUT2D eigenvalue weighted by Gasteiger charge is 2.21. The van der Waals surface area contributed by atoms with Crippen LogP contribution in [0.2, 0.25) is 5.02 Å². The van der Waals surface area contributed by atoms with Crippen molar-refractivity contribution in [1.82, 2.24) is 14.9 Å². The lowest BCUT2D eigenvalue weighted by Crippen LogP contribution is -2.44. The van der Waals surface area contributed by atoms with Crippen LogP contribution in [0.1, 0.15) is 31.2 Å². The van der Waals surface area contributed by atoms with Crippen LogP contribution in [-0.4, -0.2) is 33.3 Å². The highest BCUT2D eigenvalue weighted by Crippen LogP contribution is 2.24. The summed E-state index contributed by atoms with van der Waals surface area (Å²) >= 11 is 6.13. The second-order valence-electron chi connectivity index (χ2n) is 5.89. The summed E-state index contributed by atoms with van der Waals surface area (Å²) in [4.78, 5) is 4.47. The standard InChI is InChI=1S/C16H22ClN3O.2ClH/c1-11-12(17)6-7-14-16(11)19-10-20(14)9-3-4-13-15(21)5-2-8-18-13;;/h6-7,10,13,15,18,21H,2-5,8-9H2,1H3;2*1H/t13-,15+;;/m1../s1. The molecule has 130 valence electrons. The van der Waals surface area contributed by atoms with Gasteiger partial charge in [-0.2, -0.15) is 0 Å². The number of benzene rings is 1. The first-order chi connectivity index (χ1) is 10.2. The first-order valence-corrected chi connectivity index (χ1v) is 8.06. The maximum atomic E-state index is 9.97. The number of piperidine rings is 1. The fourth-order valence-electron chi connectivity index (χ4n) is 3.14. The maximum absolute atomic E-state index is 9.97. The van der Waals surface area contributed by atoms with Crippen molar-refractivity contribution in [3.63, 3.8) is 0 Å². The molecule has 0 amide bonds. The molecule has 1 aliphatic rings. The lowest BCUT2D eigenvalue weighted by atomic mass is 9.97. The Bertz CT molecular complexity index is 632. The lowest BCUT2D eigenvalue weighted by molar-refractivity contribution is 0.0909. The van der Waals surface area contributed by atoms with Crippen molar-refractivity contribution in [2.75, 3.05) is 6.54 Å². The molecule has 3 rings (SSSR count). The van der Waals surface area contributed by atoms with E-state index in [0.29, 0.717) is 0 Å². The predicted octanol–water partition coefficient (Wildman–Crippen LogP) is 3.73. The van der Waals surface area contributed by atoms with Gasteiger partial charge in [-0.15, -0.1) is 24.8 Å². The van der Waals surface area contributed by atoms with Crippen molar-refractivity contribution >= 4 is 47.4 Å². The molecule has 1 aliphatic heterocycles. The van der Waals surface area contributed by atoms with Gasteiger partial charge in [0, 0.05) is 17.6 Å². The fraction of sp³-hybridized carbons (Fsp3) is 0.562. The largest absolute Gasteiger partial charge is 0.392 e. The molecule has 2 aromatic rings. The lowest BCUT2D eigenvalue weighted by Gasteiger charge is -2.29. The molecule has 1 saturated heterocycles. The molecule has 2 heterocycles. The topological polar surface area (TPSA) is 50.1 Å². The normalized spacial score (nSPS) is 20.8. The Hall–Kier alpha value is -0.520. The smallest absolute Gasteiger partial charge is 0.0958 e. The molecular weight excluding hydrogens is 357 g/mol. The average Bonchev–Trinajstić information content (AvgIpc) is 2.89. The summed E-state index contributed by atoms with van der Waals surface area (Å²) in [6, 6.07) is 4.21. The average molecular weight is 381 g/mol. The zero-order valence-electron chi connectivity index (χ0n) is 13.2. The van der Waals surface area contributed by atoms with Gasteiger partial charge in [0.15, 0.2) is 0 Å². The number of aliphatic hydroxyl groups excluding tert-OH is 1. The second-order valence-corrected chi connectivity index (χ2v) is 6.30. The summed E-state index contributed by atoms with van der Waals surface area (Å²) < 4.78 is 2.17. The molecule has 0 bridgehead atoms. The van der Waals surface area contributed by atoms with Gasteiger partial charge in [-0.05, 0) is 56.8 Å². The summed E-state index contributed by atoms with van der Waals surface area (Å²) in [5.74, 6) is 0. The molecule has 7 heteroatoms. The summed E-state index contributed by atoms with van der Waals surface area (Å²) in [5.41, 5.74) is 3.16. The number of nitrogens with one attached hydrogen (secondary N) is 1. The molecule has 0 unspecified atom stereocenters. The monoisotopic (exact) mass is 379 g/mol. The zero-order valence-corrected chi connectivity index (χ0v) is 15.6. The minimum Gasteiger partial charge on any atom is -0.392 e. The highest BCUT2D eigenvalue weighted by atomic mass is 35.5. The zero-order chi connectivity index (χ0) is 14.8. The van der Waals surface area contributed by atoms with Crippen molar-refractivity contribution in [1.29, 1.82) is 0 Å². The molecule has 23 heavy (non-hydrogen) atoms. The minimum absolute atomic E-state index is 0. The molecule has 2 atom stereocenters. The molecule has 0 aliphatic carbocycles. The number of hydrogen-bond acceptors (Lipinski definition) is 3. The van der Waals surface area contributed by atoms with Crippen molar-refractivity contribution < 1.29 is 5.11 Å². The van der Waals surface area contributed by atoms with Crippen LogP contribution in [0, 0.1) is 6.92 Å². The van der Waals surface area contributed by atoms with Gasteiger partial charge in [-0.3, -0.25) is 0 Å². The van der Waals surface area contributed by atoms with Crippen LogP contribution in [0.4, 0.5) is 0 Å². The van der Waals surface area contributed by atoms with Crippen LogP contribution in [0.5, 0.6) is 0 Å². The van der Waals surface area contributed by atoms with Gasteiger partial charge in [-0.1, -0.05) is 11.6 Å². The van der Waals surface area contributed by atoms with Crippen molar-refractivity contribution in [2.24, 2.45) is 0 Å². The van der Waals surface area contributed by atoms with Crippen molar-refractivity contribution in [2.45, 2.75) is 51.3 Å². The number of aromatic nitrogens is 2. The van der Waals surface area contributed by atoms with E-state index in [1.807, 2.05) is 25.4 Å².